The highest BCUT2D eigenvalue weighted by atomic mass is 35.5. The highest BCUT2D eigenvalue weighted by Gasteiger charge is 2.21. The minimum Gasteiger partial charge on any atom is -0.326 e. The molecule has 0 aliphatic rings. The minimum absolute atomic E-state index is 0.0355. The maximum absolute atomic E-state index is 12.7. The number of nitrogens with zero attached hydrogens (tertiary/aromatic N) is 2. The number of rotatable bonds is 7. The highest BCUT2D eigenvalue weighted by molar-refractivity contribution is 7.89. The highest BCUT2D eigenvalue weighted by Crippen LogP contribution is 2.31. The van der Waals surface area contributed by atoms with Crippen LogP contribution in [0.3, 0.4) is 0 Å². The number of amides is 1. The van der Waals surface area contributed by atoms with Gasteiger partial charge >= 0.3 is 0 Å². The van der Waals surface area contributed by atoms with Gasteiger partial charge in [-0.25, -0.2) is 13.6 Å². The molecule has 0 bridgehead atoms. The Bertz CT molecular complexity index is 1490. The molecule has 9 heteroatoms. The van der Waals surface area contributed by atoms with Crippen LogP contribution in [0.15, 0.2) is 78.3 Å². The van der Waals surface area contributed by atoms with Gasteiger partial charge in [-0.2, -0.15) is 5.10 Å². The van der Waals surface area contributed by atoms with Crippen LogP contribution in [0.5, 0.6) is 0 Å². The number of benzene rings is 3. The van der Waals surface area contributed by atoms with Gasteiger partial charge in [-0.3, -0.25) is 9.48 Å². The molecule has 34 heavy (non-hydrogen) atoms. The quantitative estimate of drug-likeness (QED) is 0.386. The van der Waals surface area contributed by atoms with Crippen LogP contribution >= 0.6 is 11.6 Å². The Morgan fingerprint density at radius 2 is 1.91 bits per heavy atom. The molecule has 3 N–H and O–H groups in total. The predicted octanol–water partition coefficient (Wildman–Crippen LogP) is 4.77. The van der Waals surface area contributed by atoms with Crippen molar-refractivity contribution in [3.63, 3.8) is 0 Å². The Morgan fingerprint density at radius 1 is 1.21 bits per heavy atom. The molecule has 3 aromatic carbocycles. The van der Waals surface area contributed by atoms with Crippen LogP contribution in [-0.2, 0) is 21.2 Å². The molecule has 1 atom stereocenters. The van der Waals surface area contributed by atoms with E-state index < -0.39 is 10.0 Å². The number of hydrogen-bond donors (Lipinski definition) is 2. The molecule has 0 aliphatic carbocycles. The van der Waals surface area contributed by atoms with E-state index >= 15 is 0 Å². The summed E-state index contributed by atoms with van der Waals surface area (Å²) in [5.74, 6) is -0.341. The first-order chi connectivity index (χ1) is 16.2. The molecule has 0 saturated heterocycles. The fourth-order valence-corrected chi connectivity index (χ4v) is 4.76. The zero-order valence-corrected chi connectivity index (χ0v) is 20.0. The number of fused-ring (bicyclic) bond motifs is 1. The maximum atomic E-state index is 12.7. The minimum atomic E-state index is -4.08. The van der Waals surface area contributed by atoms with Gasteiger partial charge in [-0.1, -0.05) is 66.7 Å². The lowest BCUT2D eigenvalue weighted by atomic mass is 10.1. The van der Waals surface area contributed by atoms with E-state index in [0.29, 0.717) is 27.2 Å². The number of halogens is 1. The van der Waals surface area contributed by atoms with Gasteiger partial charge in [0.05, 0.1) is 29.1 Å². The molecule has 7 nitrogen and oxygen atoms in total. The van der Waals surface area contributed by atoms with Crippen molar-refractivity contribution in [3.8, 4) is 0 Å². The summed E-state index contributed by atoms with van der Waals surface area (Å²) >= 11 is 6.16. The van der Waals surface area contributed by atoms with Crippen molar-refractivity contribution in [1.82, 2.24) is 9.78 Å². The van der Waals surface area contributed by atoms with Gasteiger partial charge in [-0.15, -0.1) is 0 Å². The molecule has 0 aliphatic heterocycles. The van der Waals surface area contributed by atoms with E-state index in [2.05, 4.69) is 17.0 Å². The molecule has 1 amide bonds. The van der Waals surface area contributed by atoms with E-state index in [-0.39, 0.29) is 23.3 Å². The number of anilines is 1. The summed E-state index contributed by atoms with van der Waals surface area (Å²) in [6.45, 7) is 5.72. The average Bonchev–Trinajstić information content (AvgIpc) is 3.22. The summed E-state index contributed by atoms with van der Waals surface area (Å²) in [5.41, 5.74) is 3.45. The molecule has 1 heterocycles. The lowest BCUT2D eigenvalue weighted by Crippen LogP contribution is -2.17. The van der Waals surface area contributed by atoms with Crippen molar-refractivity contribution in [2.75, 3.05) is 5.32 Å². The molecule has 4 aromatic rings. The molecule has 0 spiro atoms. The van der Waals surface area contributed by atoms with Crippen molar-refractivity contribution < 1.29 is 13.2 Å². The van der Waals surface area contributed by atoms with Crippen molar-refractivity contribution in [2.45, 2.75) is 24.3 Å². The van der Waals surface area contributed by atoms with Gasteiger partial charge < -0.3 is 5.32 Å². The Labute approximate surface area is 202 Å². The Kier molecular flexibility index (Phi) is 6.56. The summed E-state index contributed by atoms with van der Waals surface area (Å²) in [7, 11) is -4.08. The molecular weight excluding hydrogens is 472 g/mol. The zero-order valence-electron chi connectivity index (χ0n) is 18.4. The van der Waals surface area contributed by atoms with E-state index in [0.717, 1.165) is 11.1 Å². The fourth-order valence-electron chi connectivity index (χ4n) is 3.80. The first-order valence-corrected chi connectivity index (χ1v) is 12.4. The van der Waals surface area contributed by atoms with Gasteiger partial charge in [0.15, 0.2) is 0 Å². The van der Waals surface area contributed by atoms with Crippen molar-refractivity contribution in [2.24, 2.45) is 5.14 Å². The first-order valence-electron chi connectivity index (χ1n) is 10.5. The Hall–Kier alpha value is -3.46. The number of nitrogens with two attached hydrogens (primary N) is 1. The van der Waals surface area contributed by atoms with Gasteiger partial charge in [0, 0.05) is 16.1 Å². The topological polar surface area (TPSA) is 107 Å². The molecule has 1 unspecified atom stereocenters. The third kappa shape index (κ3) is 4.89. The third-order valence-electron chi connectivity index (χ3n) is 5.60. The summed E-state index contributed by atoms with van der Waals surface area (Å²) < 4.78 is 26.4. The number of sulfonamides is 1. The zero-order chi connectivity index (χ0) is 24.5. The van der Waals surface area contributed by atoms with E-state index in [1.165, 1.54) is 12.3 Å². The Morgan fingerprint density at radius 3 is 2.56 bits per heavy atom. The first kappa shape index (κ1) is 23.7. The van der Waals surface area contributed by atoms with E-state index in [1.807, 2.05) is 31.2 Å². The average molecular weight is 495 g/mol. The lowest BCUT2D eigenvalue weighted by Gasteiger charge is -2.16. The van der Waals surface area contributed by atoms with Gasteiger partial charge in [0.2, 0.25) is 15.9 Å². The smallest absolute Gasteiger partial charge is 0.238 e. The van der Waals surface area contributed by atoms with Crippen LogP contribution < -0.4 is 10.5 Å². The van der Waals surface area contributed by atoms with Crippen molar-refractivity contribution in [1.29, 1.82) is 0 Å². The SMILES string of the molecule is C=Cc1ccc(C(C)n2ncc3c(S(N)(=O)=O)cc(NC(=O)Cc4ccccc4Cl)cc32)cc1. The number of carbonyl (C=O) groups excluding carboxylic acids is 1. The standard InChI is InChI=1S/C25H23ClN4O3S/c1-3-17-8-10-18(11-9-17)16(2)30-23-13-20(14-24(34(27,32)33)21(23)15-28-30)29-25(31)12-19-6-4-5-7-22(19)26/h3-11,13-16H,1,12H2,2H3,(H,29,31)(H2,27,32,33). The lowest BCUT2D eigenvalue weighted by molar-refractivity contribution is -0.115. The largest absolute Gasteiger partial charge is 0.326 e. The number of carbonyl (C=O) groups is 1. The number of nitrogens with one attached hydrogen (secondary N) is 1. The van der Waals surface area contributed by atoms with Crippen LogP contribution in [0.25, 0.3) is 17.0 Å². The summed E-state index contributed by atoms with van der Waals surface area (Å²) in [5, 5.41) is 13.5. The van der Waals surface area contributed by atoms with E-state index in [1.54, 1.807) is 41.1 Å². The van der Waals surface area contributed by atoms with E-state index in [9.17, 15) is 13.2 Å². The van der Waals surface area contributed by atoms with Crippen LogP contribution in [0.2, 0.25) is 5.02 Å². The molecule has 174 valence electrons. The molecule has 4 rings (SSSR count). The predicted molar refractivity (Wildman–Crippen MR) is 135 cm³/mol. The van der Waals surface area contributed by atoms with Gasteiger partial charge in [0.1, 0.15) is 0 Å². The molecular formula is C25H23ClN4O3S. The number of aromatic nitrogens is 2. The Balaban J connectivity index is 1.73. The van der Waals surface area contributed by atoms with Crippen LogP contribution in [0, 0.1) is 0 Å². The van der Waals surface area contributed by atoms with E-state index in [4.69, 9.17) is 16.7 Å². The van der Waals surface area contributed by atoms with Crippen LogP contribution in [0.4, 0.5) is 5.69 Å². The van der Waals surface area contributed by atoms with Crippen molar-refractivity contribution >= 4 is 50.2 Å². The molecule has 0 fully saturated rings. The molecule has 0 radical (unpaired) electrons. The summed E-state index contributed by atoms with van der Waals surface area (Å²) in [6.07, 6.45) is 3.26. The fraction of sp³-hybridized carbons (Fsp3) is 0.120. The second-order valence-corrected chi connectivity index (χ2v) is 9.84. The summed E-state index contributed by atoms with van der Waals surface area (Å²) in [4.78, 5) is 12.6. The maximum Gasteiger partial charge on any atom is 0.238 e. The van der Waals surface area contributed by atoms with Crippen molar-refractivity contribution in [3.05, 3.63) is 95.2 Å². The van der Waals surface area contributed by atoms with Crippen LogP contribution in [-0.4, -0.2) is 24.1 Å². The molecule has 1 aromatic heterocycles. The summed E-state index contributed by atoms with van der Waals surface area (Å²) in [6, 6.07) is 17.7. The second-order valence-electron chi connectivity index (χ2n) is 7.90. The second kappa shape index (κ2) is 9.42. The monoisotopic (exact) mass is 494 g/mol. The van der Waals surface area contributed by atoms with Gasteiger partial charge in [0.25, 0.3) is 0 Å². The van der Waals surface area contributed by atoms with Crippen LogP contribution in [0.1, 0.15) is 29.7 Å². The number of hydrogen-bond acceptors (Lipinski definition) is 4. The number of primary sulfonamides is 1. The third-order valence-corrected chi connectivity index (χ3v) is 6.92. The van der Waals surface area contributed by atoms with Gasteiger partial charge in [-0.05, 0) is 41.8 Å². The normalized spacial score (nSPS) is 12.4. The molecule has 0 saturated carbocycles.